The molecule has 2 rings (SSSR count). The Morgan fingerprint density at radius 1 is 1.38 bits per heavy atom. The van der Waals surface area contributed by atoms with E-state index in [0.29, 0.717) is 19.6 Å². The number of amides is 1. The van der Waals surface area contributed by atoms with Crippen LogP contribution in [0, 0.1) is 11.3 Å². The molecule has 0 aliphatic carbocycles. The molecule has 1 aliphatic rings. The third-order valence-corrected chi connectivity index (χ3v) is 4.72. The highest BCUT2D eigenvalue weighted by Gasteiger charge is 2.29. The second-order valence-corrected chi connectivity index (χ2v) is 5.90. The summed E-state index contributed by atoms with van der Waals surface area (Å²) in [4.78, 5) is 12.3. The predicted octanol–water partition coefficient (Wildman–Crippen LogP) is 2.15. The molecule has 1 unspecified atom stereocenters. The van der Waals surface area contributed by atoms with Crippen molar-refractivity contribution in [2.24, 2.45) is 11.3 Å². The number of hydrogen-bond donors (Lipinski definition) is 2. The van der Waals surface area contributed by atoms with Gasteiger partial charge >= 0.3 is 0 Å². The Morgan fingerprint density at radius 3 is 2.76 bits per heavy atom. The van der Waals surface area contributed by atoms with Crippen molar-refractivity contribution in [2.75, 3.05) is 19.8 Å². The predicted molar refractivity (Wildman–Crippen MR) is 82.2 cm³/mol. The van der Waals surface area contributed by atoms with Crippen molar-refractivity contribution in [1.82, 2.24) is 5.32 Å². The fourth-order valence-electron chi connectivity index (χ4n) is 2.69. The zero-order chi connectivity index (χ0) is 15.3. The average molecular weight is 291 g/mol. The molecule has 4 heteroatoms. The molecule has 2 N–H and O–H groups in total. The molecule has 0 spiro atoms. The highest BCUT2D eigenvalue weighted by Crippen LogP contribution is 2.28. The molecule has 1 atom stereocenters. The number of hydrogen-bond acceptors (Lipinski definition) is 3. The highest BCUT2D eigenvalue weighted by molar-refractivity contribution is 5.79. The minimum atomic E-state index is -0.205. The van der Waals surface area contributed by atoms with E-state index in [1.54, 1.807) is 0 Å². The first-order valence-electron chi connectivity index (χ1n) is 7.73. The van der Waals surface area contributed by atoms with Gasteiger partial charge in [-0.1, -0.05) is 32.0 Å². The molecule has 116 valence electrons. The average Bonchev–Trinajstić information content (AvgIpc) is 2.56. The molecule has 1 aromatic carbocycles. The van der Waals surface area contributed by atoms with Crippen LogP contribution < -0.4 is 10.1 Å². The fourth-order valence-corrected chi connectivity index (χ4v) is 2.69. The van der Waals surface area contributed by atoms with Gasteiger partial charge in [-0.15, -0.1) is 0 Å². The van der Waals surface area contributed by atoms with Gasteiger partial charge in [-0.3, -0.25) is 4.79 Å². The van der Waals surface area contributed by atoms with Crippen molar-refractivity contribution in [2.45, 2.75) is 33.1 Å². The van der Waals surface area contributed by atoms with E-state index in [2.05, 4.69) is 5.32 Å². The standard InChI is InChI=1S/C17H25NO3/c1-3-17(4-2,12-19)11-18-16(20)14-9-13-7-5-6-8-15(13)21-10-14/h5-8,14,19H,3-4,9-12H2,1-2H3,(H,18,20). The number of benzene rings is 1. The zero-order valence-electron chi connectivity index (χ0n) is 12.9. The summed E-state index contributed by atoms with van der Waals surface area (Å²) >= 11 is 0. The Morgan fingerprint density at radius 2 is 2.10 bits per heavy atom. The van der Waals surface area contributed by atoms with E-state index in [-0.39, 0.29) is 23.8 Å². The molecule has 1 aromatic rings. The summed E-state index contributed by atoms with van der Waals surface area (Å²) < 4.78 is 5.66. The van der Waals surface area contributed by atoms with Crippen molar-refractivity contribution < 1.29 is 14.6 Å². The molecule has 0 fully saturated rings. The summed E-state index contributed by atoms with van der Waals surface area (Å²) in [6.07, 6.45) is 2.42. The topological polar surface area (TPSA) is 58.6 Å². The number of rotatable bonds is 6. The summed E-state index contributed by atoms with van der Waals surface area (Å²) in [6, 6.07) is 7.85. The summed E-state index contributed by atoms with van der Waals surface area (Å²) in [6.45, 7) is 5.14. The third kappa shape index (κ3) is 3.56. The molecule has 0 aromatic heterocycles. The first-order chi connectivity index (χ1) is 10.1. The molecule has 1 heterocycles. The van der Waals surface area contributed by atoms with Crippen molar-refractivity contribution in [1.29, 1.82) is 0 Å². The molecule has 0 radical (unpaired) electrons. The van der Waals surface area contributed by atoms with Gasteiger partial charge in [-0.05, 0) is 30.9 Å². The lowest BCUT2D eigenvalue weighted by molar-refractivity contribution is -0.127. The first-order valence-corrected chi connectivity index (χ1v) is 7.73. The van der Waals surface area contributed by atoms with E-state index in [4.69, 9.17) is 4.74 Å². The number of carbonyl (C=O) groups is 1. The van der Waals surface area contributed by atoms with Crippen LogP contribution in [-0.2, 0) is 11.2 Å². The van der Waals surface area contributed by atoms with Crippen LogP contribution in [0.5, 0.6) is 5.75 Å². The van der Waals surface area contributed by atoms with E-state index < -0.39 is 0 Å². The quantitative estimate of drug-likeness (QED) is 0.844. The van der Waals surface area contributed by atoms with E-state index >= 15 is 0 Å². The molecule has 1 amide bonds. The van der Waals surface area contributed by atoms with Crippen LogP contribution >= 0.6 is 0 Å². The molecular weight excluding hydrogens is 266 g/mol. The molecule has 4 nitrogen and oxygen atoms in total. The largest absolute Gasteiger partial charge is 0.492 e. The number of ether oxygens (including phenoxy) is 1. The van der Waals surface area contributed by atoms with Crippen molar-refractivity contribution in [3.8, 4) is 5.75 Å². The maximum atomic E-state index is 12.3. The lowest BCUT2D eigenvalue weighted by Gasteiger charge is -2.31. The summed E-state index contributed by atoms with van der Waals surface area (Å²) in [5, 5.41) is 12.6. The number of fused-ring (bicyclic) bond motifs is 1. The Hall–Kier alpha value is -1.55. The van der Waals surface area contributed by atoms with Crippen LogP contribution in [0.25, 0.3) is 0 Å². The Labute approximate surface area is 126 Å². The molecule has 21 heavy (non-hydrogen) atoms. The van der Waals surface area contributed by atoms with Crippen molar-refractivity contribution in [3.63, 3.8) is 0 Å². The van der Waals surface area contributed by atoms with Gasteiger partial charge in [0.25, 0.3) is 0 Å². The van der Waals surface area contributed by atoms with Crippen LogP contribution in [0.2, 0.25) is 0 Å². The van der Waals surface area contributed by atoms with Gasteiger partial charge in [0.2, 0.25) is 5.91 Å². The van der Waals surface area contributed by atoms with Gasteiger partial charge in [-0.2, -0.15) is 0 Å². The smallest absolute Gasteiger partial charge is 0.226 e. The lowest BCUT2D eigenvalue weighted by Crippen LogP contribution is -2.44. The molecule has 1 aliphatic heterocycles. The van der Waals surface area contributed by atoms with E-state index in [1.165, 1.54) is 0 Å². The van der Waals surface area contributed by atoms with Crippen LogP contribution in [0.4, 0.5) is 0 Å². The normalized spacial score (nSPS) is 17.8. The zero-order valence-corrected chi connectivity index (χ0v) is 12.9. The second kappa shape index (κ2) is 6.94. The third-order valence-electron chi connectivity index (χ3n) is 4.72. The Kier molecular flexibility index (Phi) is 5.23. The van der Waals surface area contributed by atoms with Crippen LogP contribution in [0.15, 0.2) is 24.3 Å². The summed E-state index contributed by atoms with van der Waals surface area (Å²) in [7, 11) is 0. The maximum absolute atomic E-state index is 12.3. The van der Waals surface area contributed by atoms with Gasteiger partial charge in [0.15, 0.2) is 0 Å². The van der Waals surface area contributed by atoms with E-state index in [0.717, 1.165) is 24.2 Å². The minimum absolute atomic E-state index is 0.0178. The summed E-state index contributed by atoms with van der Waals surface area (Å²) in [5.41, 5.74) is 0.881. The Balaban J connectivity index is 1.93. The number of para-hydroxylation sites is 1. The van der Waals surface area contributed by atoms with Gasteiger partial charge in [0.1, 0.15) is 12.4 Å². The number of aliphatic hydroxyl groups excluding tert-OH is 1. The van der Waals surface area contributed by atoms with E-state index in [9.17, 15) is 9.90 Å². The highest BCUT2D eigenvalue weighted by atomic mass is 16.5. The molecule has 0 saturated carbocycles. The lowest BCUT2D eigenvalue weighted by atomic mass is 9.83. The van der Waals surface area contributed by atoms with Crippen LogP contribution in [0.3, 0.4) is 0 Å². The van der Waals surface area contributed by atoms with E-state index in [1.807, 2.05) is 38.1 Å². The maximum Gasteiger partial charge on any atom is 0.226 e. The summed E-state index contributed by atoms with van der Waals surface area (Å²) in [5.74, 6) is 0.752. The minimum Gasteiger partial charge on any atom is -0.492 e. The molecular formula is C17H25NO3. The molecule has 0 saturated heterocycles. The fraction of sp³-hybridized carbons (Fsp3) is 0.588. The van der Waals surface area contributed by atoms with Gasteiger partial charge in [-0.25, -0.2) is 0 Å². The number of aliphatic hydroxyl groups is 1. The van der Waals surface area contributed by atoms with Crippen molar-refractivity contribution >= 4 is 5.91 Å². The van der Waals surface area contributed by atoms with Gasteiger partial charge in [0.05, 0.1) is 12.5 Å². The second-order valence-electron chi connectivity index (χ2n) is 5.90. The number of carbonyl (C=O) groups excluding carboxylic acids is 1. The van der Waals surface area contributed by atoms with Gasteiger partial charge < -0.3 is 15.2 Å². The number of nitrogens with one attached hydrogen (secondary N) is 1. The SMILES string of the molecule is CCC(CC)(CO)CNC(=O)C1COc2ccccc2C1. The first kappa shape index (κ1) is 15.8. The van der Waals surface area contributed by atoms with Crippen LogP contribution in [-0.4, -0.2) is 30.8 Å². The molecule has 0 bridgehead atoms. The Bertz CT molecular complexity index is 474. The monoisotopic (exact) mass is 291 g/mol. The van der Waals surface area contributed by atoms with Crippen LogP contribution in [0.1, 0.15) is 32.3 Å². The van der Waals surface area contributed by atoms with Gasteiger partial charge in [0, 0.05) is 12.0 Å². The van der Waals surface area contributed by atoms with Crippen molar-refractivity contribution in [3.05, 3.63) is 29.8 Å².